The summed E-state index contributed by atoms with van der Waals surface area (Å²) >= 11 is 5.22. The van der Waals surface area contributed by atoms with Crippen molar-refractivity contribution in [2.45, 2.75) is 45.6 Å². The number of hydrogen-bond donors (Lipinski definition) is 1. The lowest BCUT2D eigenvalue weighted by atomic mass is 10.1. The quantitative estimate of drug-likeness (QED) is 0.777. The molecule has 1 atom stereocenters. The minimum atomic E-state index is 0.639. The van der Waals surface area contributed by atoms with Crippen molar-refractivity contribution in [3.8, 4) is 0 Å². The molecule has 0 radical (unpaired) electrons. The third-order valence-electron chi connectivity index (χ3n) is 2.92. The van der Waals surface area contributed by atoms with Crippen LogP contribution in [0.4, 0.5) is 0 Å². The predicted molar refractivity (Wildman–Crippen MR) is 58.8 cm³/mol. The van der Waals surface area contributed by atoms with Crippen molar-refractivity contribution in [1.82, 2.24) is 14.8 Å². The molecule has 14 heavy (non-hydrogen) atoms. The Hall–Kier alpha value is -0.640. The Morgan fingerprint density at radius 1 is 1.64 bits per heavy atom. The molecule has 1 heterocycles. The van der Waals surface area contributed by atoms with Gasteiger partial charge in [-0.15, -0.1) is 0 Å². The molecule has 1 aromatic heterocycles. The molecule has 0 aliphatic heterocycles. The normalized spacial score (nSPS) is 18.4. The summed E-state index contributed by atoms with van der Waals surface area (Å²) < 4.78 is 3.01. The summed E-state index contributed by atoms with van der Waals surface area (Å²) in [7, 11) is 0. The molecule has 0 amide bonds. The maximum atomic E-state index is 5.22. The van der Waals surface area contributed by atoms with Gasteiger partial charge in [-0.25, -0.2) is 0 Å². The van der Waals surface area contributed by atoms with Gasteiger partial charge >= 0.3 is 0 Å². The molecular weight excluding hydrogens is 194 g/mol. The molecule has 4 heteroatoms. The van der Waals surface area contributed by atoms with Gasteiger partial charge in [-0.1, -0.05) is 20.3 Å². The number of H-pyrrole nitrogens is 1. The van der Waals surface area contributed by atoms with E-state index in [0.717, 1.165) is 17.0 Å². The smallest absolute Gasteiger partial charge is 0.195 e. The third kappa shape index (κ3) is 1.90. The van der Waals surface area contributed by atoms with Crippen LogP contribution in [0.5, 0.6) is 0 Å². The van der Waals surface area contributed by atoms with Crippen molar-refractivity contribution in [3.63, 3.8) is 0 Å². The molecule has 2 rings (SSSR count). The fourth-order valence-corrected chi connectivity index (χ4v) is 1.95. The largest absolute Gasteiger partial charge is 0.301 e. The molecule has 3 nitrogen and oxygen atoms in total. The van der Waals surface area contributed by atoms with Gasteiger partial charge in [0.2, 0.25) is 0 Å². The Labute approximate surface area is 89.5 Å². The van der Waals surface area contributed by atoms with E-state index >= 15 is 0 Å². The van der Waals surface area contributed by atoms with Crippen LogP contribution in [0.1, 0.15) is 45.0 Å². The summed E-state index contributed by atoms with van der Waals surface area (Å²) in [5.41, 5.74) is 0. The molecule has 1 saturated carbocycles. The number of nitrogens with zero attached hydrogens (tertiary/aromatic N) is 2. The SMILES string of the molecule is CCC(C)Cc1n[nH]c(=S)n1C1CC1. The topological polar surface area (TPSA) is 33.6 Å². The molecule has 1 aliphatic carbocycles. The summed E-state index contributed by atoms with van der Waals surface area (Å²) in [6, 6.07) is 0.639. The summed E-state index contributed by atoms with van der Waals surface area (Å²) in [5, 5.41) is 7.21. The molecule has 0 spiro atoms. The van der Waals surface area contributed by atoms with Gasteiger partial charge in [-0.2, -0.15) is 5.10 Å². The summed E-state index contributed by atoms with van der Waals surface area (Å²) in [5.74, 6) is 1.84. The van der Waals surface area contributed by atoms with Crippen LogP contribution in [0.15, 0.2) is 0 Å². The fourth-order valence-electron chi connectivity index (χ4n) is 1.65. The highest BCUT2D eigenvalue weighted by atomic mass is 32.1. The van der Waals surface area contributed by atoms with Crippen LogP contribution in [0.2, 0.25) is 0 Å². The van der Waals surface area contributed by atoms with Crippen molar-refractivity contribution < 1.29 is 0 Å². The molecule has 0 aromatic carbocycles. The average Bonchev–Trinajstić information content (AvgIpc) is 2.93. The Balaban J connectivity index is 2.20. The minimum Gasteiger partial charge on any atom is -0.301 e. The average molecular weight is 211 g/mol. The number of aromatic amines is 1. The second-order valence-electron chi connectivity index (χ2n) is 4.26. The molecule has 1 aromatic rings. The minimum absolute atomic E-state index is 0.639. The number of hydrogen-bond acceptors (Lipinski definition) is 2. The van der Waals surface area contributed by atoms with E-state index in [2.05, 4.69) is 28.6 Å². The lowest BCUT2D eigenvalue weighted by Gasteiger charge is -2.08. The van der Waals surface area contributed by atoms with Gasteiger partial charge in [-0.05, 0) is 31.0 Å². The lowest BCUT2D eigenvalue weighted by Crippen LogP contribution is -2.07. The maximum absolute atomic E-state index is 5.22. The molecule has 1 fully saturated rings. The van der Waals surface area contributed by atoms with Gasteiger partial charge in [0.05, 0.1) is 0 Å². The molecule has 1 aliphatic rings. The standard InChI is InChI=1S/C10H17N3S/c1-3-7(2)6-9-11-12-10(14)13(9)8-4-5-8/h7-8H,3-6H2,1-2H3,(H,12,14). The monoisotopic (exact) mass is 211 g/mol. The first-order valence-electron chi connectivity index (χ1n) is 5.38. The first-order chi connectivity index (χ1) is 6.72. The molecule has 0 bridgehead atoms. The van der Waals surface area contributed by atoms with Crippen LogP contribution in [0.3, 0.4) is 0 Å². The van der Waals surface area contributed by atoms with E-state index in [-0.39, 0.29) is 0 Å². The summed E-state index contributed by atoms with van der Waals surface area (Å²) in [6.07, 6.45) is 4.77. The van der Waals surface area contributed by atoms with Gasteiger partial charge in [-0.3, -0.25) is 5.10 Å². The Morgan fingerprint density at radius 2 is 2.36 bits per heavy atom. The Morgan fingerprint density at radius 3 is 2.93 bits per heavy atom. The van der Waals surface area contributed by atoms with Gasteiger partial charge in [0.15, 0.2) is 4.77 Å². The van der Waals surface area contributed by atoms with Gasteiger partial charge in [0.1, 0.15) is 5.82 Å². The van der Waals surface area contributed by atoms with Crippen LogP contribution in [-0.4, -0.2) is 14.8 Å². The second kappa shape index (κ2) is 3.85. The van der Waals surface area contributed by atoms with Gasteiger partial charge in [0.25, 0.3) is 0 Å². The van der Waals surface area contributed by atoms with Crippen LogP contribution in [0.25, 0.3) is 0 Å². The van der Waals surface area contributed by atoms with E-state index in [0.29, 0.717) is 12.0 Å². The maximum Gasteiger partial charge on any atom is 0.195 e. The molecule has 0 saturated heterocycles. The zero-order valence-corrected chi connectivity index (χ0v) is 9.60. The zero-order valence-electron chi connectivity index (χ0n) is 8.79. The van der Waals surface area contributed by atoms with Crippen molar-refractivity contribution in [2.24, 2.45) is 5.92 Å². The van der Waals surface area contributed by atoms with Gasteiger partial charge < -0.3 is 4.57 Å². The highest BCUT2D eigenvalue weighted by Gasteiger charge is 2.27. The highest BCUT2D eigenvalue weighted by Crippen LogP contribution is 2.36. The van der Waals surface area contributed by atoms with Crippen molar-refractivity contribution in [1.29, 1.82) is 0 Å². The zero-order chi connectivity index (χ0) is 10.1. The molecule has 1 unspecified atom stereocenters. The Kier molecular flexibility index (Phi) is 2.72. The number of nitrogens with one attached hydrogen (secondary N) is 1. The van der Waals surface area contributed by atoms with E-state index in [4.69, 9.17) is 12.2 Å². The lowest BCUT2D eigenvalue weighted by molar-refractivity contribution is 0.520. The van der Waals surface area contributed by atoms with Crippen LogP contribution in [-0.2, 0) is 6.42 Å². The van der Waals surface area contributed by atoms with Crippen molar-refractivity contribution >= 4 is 12.2 Å². The fraction of sp³-hybridized carbons (Fsp3) is 0.800. The van der Waals surface area contributed by atoms with Crippen LogP contribution in [0, 0.1) is 10.7 Å². The molecule has 1 N–H and O–H groups in total. The van der Waals surface area contributed by atoms with Crippen LogP contribution >= 0.6 is 12.2 Å². The van der Waals surface area contributed by atoms with E-state index in [1.807, 2.05) is 0 Å². The second-order valence-corrected chi connectivity index (χ2v) is 4.65. The summed E-state index contributed by atoms with van der Waals surface area (Å²) in [4.78, 5) is 0. The van der Waals surface area contributed by atoms with E-state index in [1.165, 1.54) is 19.3 Å². The van der Waals surface area contributed by atoms with Crippen molar-refractivity contribution in [3.05, 3.63) is 10.6 Å². The van der Waals surface area contributed by atoms with Crippen LogP contribution < -0.4 is 0 Å². The molecule has 78 valence electrons. The van der Waals surface area contributed by atoms with E-state index in [9.17, 15) is 0 Å². The van der Waals surface area contributed by atoms with E-state index < -0.39 is 0 Å². The Bertz CT molecular complexity index is 362. The highest BCUT2D eigenvalue weighted by molar-refractivity contribution is 7.71. The van der Waals surface area contributed by atoms with Crippen molar-refractivity contribution in [2.75, 3.05) is 0 Å². The molecular formula is C10H17N3S. The number of aromatic nitrogens is 3. The summed E-state index contributed by atoms with van der Waals surface area (Å²) in [6.45, 7) is 4.47. The van der Waals surface area contributed by atoms with E-state index in [1.54, 1.807) is 0 Å². The first-order valence-corrected chi connectivity index (χ1v) is 5.79. The van der Waals surface area contributed by atoms with Gasteiger partial charge in [0, 0.05) is 12.5 Å². The third-order valence-corrected chi connectivity index (χ3v) is 3.21. The first kappa shape index (κ1) is 9.90. The predicted octanol–water partition coefficient (Wildman–Crippen LogP) is 2.86. The number of rotatable bonds is 4.